The Kier molecular flexibility index (Phi) is 6.83. The summed E-state index contributed by atoms with van der Waals surface area (Å²) in [5.41, 5.74) is 1.46. The molecule has 0 amide bonds. The molecule has 0 radical (unpaired) electrons. The van der Waals surface area contributed by atoms with Crippen molar-refractivity contribution in [1.29, 1.82) is 0 Å². The number of benzene rings is 1. The highest BCUT2D eigenvalue weighted by Crippen LogP contribution is 2.07. The van der Waals surface area contributed by atoms with Crippen LogP contribution in [0.2, 0.25) is 0 Å². The third-order valence-electron chi connectivity index (χ3n) is 2.40. The first-order valence-corrected chi connectivity index (χ1v) is 7.35. The van der Waals surface area contributed by atoms with Gasteiger partial charge in [-0.05, 0) is 29.4 Å². The Labute approximate surface area is 113 Å². The molecule has 0 aliphatic carbocycles. The number of thioether (sulfide) groups is 1. The molecule has 1 rings (SSSR count). The Morgan fingerprint density at radius 3 is 2.56 bits per heavy atom. The summed E-state index contributed by atoms with van der Waals surface area (Å²) in [5, 5.41) is 12.1. The summed E-state index contributed by atoms with van der Waals surface area (Å²) >= 11 is 1.96. The molecule has 18 heavy (non-hydrogen) atoms. The van der Waals surface area contributed by atoms with Gasteiger partial charge >= 0.3 is 5.97 Å². The van der Waals surface area contributed by atoms with Crippen LogP contribution in [0.4, 0.5) is 0 Å². The summed E-state index contributed by atoms with van der Waals surface area (Å²) in [5.74, 6) is 2.19. The molecule has 0 heterocycles. The monoisotopic (exact) mass is 267 g/mol. The topological polar surface area (TPSA) is 49.3 Å². The molecular formula is C14H21NO2S. The minimum absolute atomic E-state index is 0.339. The number of carbonyl (C=O) groups is 1. The van der Waals surface area contributed by atoms with Crippen LogP contribution in [0.15, 0.2) is 24.3 Å². The van der Waals surface area contributed by atoms with Crippen LogP contribution in [0.5, 0.6) is 0 Å². The van der Waals surface area contributed by atoms with Crippen molar-refractivity contribution in [2.75, 3.05) is 18.1 Å². The Bertz CT molecular complexity index is 363. The lowest BCUT2D eigenvalue weighted by Crippen LogP contribution is -2.17. The predicted molar refractivity (Wildman–Crippen MR) is 77.3 cm³/mol. The molecule has 2 N–H and O–H groups in total. The van der Waals surface area contributed by atoms with Crippen LogP contribution >= 0.6 is 11.8 Å². The van der Waals surface area contributed by atoms with Gasteiger partial charge in [0.15, 0.2) is 0 Å². The molecule has 3 nitrogen and oxygen atoms in total. The number of hydrogen-bond donors (Lipinski definition) is 2. The fourth-order valence-corrected chi connectivity index (χ4v) is 2.39. The Balaban J connectivity index is 2.17. The zero-order chi connectivity index (χ0) is 13.4. The summed E-state index contributed by atoms with van der Waals surface area (Å²) < 4.78 is 0. The molecule has 0 aliphatic heterocycles. The average molecular weight is 267 g/mol. The van der Waals surface area contributed by atoms with Crippen molar-refractivity contribution < 1.29 is 9.90 Å². The summed E-state index contributed by atoms with van der Waals surface area (Å²) in [6, 6.07) is 7.01. The summed E-state index contributed by atoms with van der Waals surface area (Å²) in [6.07, 6.45) is 0. The quantitative estimate of drug-likeness (QED) is 0.711. The molecule has 0 saturated heterocycles. The number of nitrogens with one attached hydrogen (secondary N) is 1. The van der Waals surface area contributed by atoms with Crippen LogP contribution in [-0.4, -0.2) is 29.1 Å². The fourth-order valence-electron chi connectivity index (χ4n) is 1.46. The lowest BCUT2D eigenvalue weighted by atomic mass is 10.1. The number of carboxylic acid groups (broad SMARTS) is 1. The molecule has 0 atom stereocenters. The zero-order valence-corrected chi connectivity index (χ0v) is 11.8. The molecule has 0 fully saturated rings. The molecular weight excluding hydrogens is 246 g/mol. The van der Waals surface area contributed by atoms with Crippen molar-refractivity contribution in [2.24, 2.45) is 5.92 Å². The van der Waals surface area contributed by atoms with Crippen LogP contribution in [0.25, 0.3) is 0 Å². The molecule has 1 aromatic carbocycles. The molecule has 4 heteroatoms. The van der Waals surface area contributed by atoms with E-state index in [1.54, 1.807) is 12.1 Å². The summed E-state index contributed by atoms with van der Waals surface area (Å²) in [6.45, 7) is 6.23. The highest BCUT2D eigenvalue weighted by molar-refractivity contribution is 7.99. The van der Waals surface area contributed by atoms with Gasteiger partial charge in [0, 0.05) is 18.8 Å². The van der Waals surface area contributed by atoms with Gasteiger partial charge in [0.05, 0.1) is 5.56 Å². The van der Waals surface area contributed by atoms with Crippen molar-refractivity contribution >= 4 is 17.7 Å². The lowest BCUT2D eigenvalue weighted by Gasteiger charge is -2.06. The van der Waals surface area contributed by atoms with Gasteiger partial charge < -0.3 is 10.4 Å². The van der Waals surface area contributed by atoms with Gasteiger partial charge in [0.25, 0.3) is 0 Å². The number of aromatic carboxylic acids is 1. The Morgan fingerprint density at radius 2 is 2.00 bits per heavy atom. The Hall–Kier alpha value is -1.00. The van der Waals surface area contributed by atoms with Gasteiger partial charge in [-0.15, -0.1) is 0 Å². The second-order valence-electron chi connectivity index (χ2n) is 4.65. The van der Waals surface area contributed by atoms with E-state index in [4.69, 9.17) is 5.11 Å². The van der Waals surface area contributed by atoms with E-state index in [9.17, 15) is 4.79 Å². The maximum absolute atomic E-state index is 10.7. The molecule has 1 aromatic rings. The van der Waals surface area contributed by atoms with Crippen molar-refractivity contribution in [3.8, 4) is 0 Å². The van der Waals surface area contributed by atoms with E-state index in [1.807, 2.05) is 23.9 Å². The van der Waals surface area contributed by atoms with Crippen molar-refractivity contribution in [1.82, 2.24) is 5.32 Å². The second-order valence-corrected chi connectivity index (χ2v) is 5.80. The van der Waals surface area contributed by atoms with E-state index >= 15 is 0 Å². The van der Waals surface area contributed by atoms with E-state index in [-0.39, 0.29) is 0 Å². The maximum atomic E-state index is 10.7. The standard InChI is InChI=1S/C14H21NO2S/c1-11(2)10-18-8-7-15-9-12-3-5-13(6-4-12)14(16)17/h3-6,11,15H,7-10H2,1-2H3,(H,16,17). The first-order valence-electron chi connectivity index (χ1n) is 6.20. The predicted octanol–water partition coefficient (Wildman–Crippen LogP) is 2.86. The lowest BCUT2D eigenvalue weighted by molar-refractivity contribution is 0.0697. The molecule has 0 unspecified atom stereocenters. The van der Waals surface area contributed by atoms with Crippen LogP contribution in [0.1, 0.15) is 29.8 Å². The molecule has 0 bridgehead atoms. The van der Waals surface area contributed by atoms with Crippen LogP contribution < -0.4 is 5.32 Å². The van der Waals surface area contributed by atoms with Gasteiger partial charge in [-0.25, -0.2) is 4.79 Å². The van der Waals surface area contributed by atoms with Crippen molar-refractivity contribution in [2.45, 2.75) is 20.4 Å². The molecule has 0 aliphatic rings. The first kappa shape index (κ1) is 15.1. The van der Waals surface area contributed by atoms with Gasteiger partial charge in [0.1, 0.15) is 0 Å². The number of rotatable bonds is 8. The minimum Gasteiger partial charge on any atom is -0.478 e. The minimum atomic E-state index is -0.875. The van der Waals surface area contributed by atoms with E-state index in [0.29, 0.717) is 5.56 Å². The summed E-state index contributed by atoms with van der Waals surface area (Å²) in [7, 11) is 0. The SMILES string of the molecule is CC(C)CSCCNCc1ccc(C(=O)O)cc1. The largest absolute Gasteiger partial charge is 0.478 e. The fraction of sp³-hybridized carbons (Fsp3) is 0.500. The normalized spacial score (nSPS) is 10.8. The highest BCUT2D eigenvalue weighted by atomic mass is 32.2. The number of hydrogen-bond acceptors (Lipinski definition) is 3. The highest BCUT2D eigenvalue weighted by Gasteiger charge is 2.01. The van der Waals surface area contributed by atoms with E-state index in [2.05, 4.69) is 19.2 Å². The maximum Gasteiger partial charge on any atom is 0.335 e. The molecule has 0 spiro atoms. The van der Waals surface area contributed by atoms with Gasteiger partial charge in [-0.1, -0.05) is 26.0 Å². The van der Waals surface area contributed by atoms with E-state index < -0.39 is 5.97 Å². The van der Waals surface area contributed by atoms with Crippen LogP contribution in [0.3, 0.4) is 0 Å². The number of carboxylic acids is 1. The zero-order valence-electron chi connectivity index (χ0n) is 11.0. The van der Waals surface area contributed by atoms with E-state index in [0.717, 1.165) is 30.3 Å². The van der Waals surface area contributed by atoms with Gasteiger partial charge in [-0.3, -0.25) is 0 Å². The van der Waals surface area contributed by atoms with Crippen LogP contribution in [0, 0.1) is 5.92 Å². The van der Waals surface area contributed by atoms with E-state index in [1.165, 1.54) is 5.75 Å². The molecule has 0 saturated carbocycles. The smallest absolute Gasteiger partial charge is 0.335 e. The van der Waals surface area contributed by atoms with Gasteiger partial charge in [-0.2, -0.15) is 11.8 Å². The summed E-state index contributed by atoms with van der Waals surface area (Å²) in [4.78, 5) is 10.7. The second kappa shape index (κ2) is 8.16. The third-order valence-corrected chi connectivity index (χ3v) is 3.80. The van der Waals surface area contributed by atoms with Crippen molar-refractivity contribution in [3.63, 3.8) is 0 Å². The Morgan fingerprint density at radius 1 is 1.33 bits per heavy atom. The van der Waals surface area contributed by atoms with Crippen molar-refractivity contribution in [3.05, 3.63) is 35.4 Å². The van der Waals surface area contributed by atoms with Gasteiger partial charge in [0.2, 0.25) is 0 Å². The first-order chi connectivity index (χ1) is 8.59. The third kappa shape index (κ3) is 6.07. The van der Waals surface area contributed by atoms with Crippen LogP contribution in [-0.2, 0) is 6.54 Å². The molecule has 0 aromatic heterocycles. The molecule has 100 valence electrons. The average Bonchev–Trinajstić information content (AvgIpc) is 2.34.